The minimum absolute atomic E-state index is 0.125. The Bertz CT molecular complexity index is 581. The molecule has 0 saturated heterocycles. The normalized spacial score (nSPS) is 22.3. The Kier molecular flexibility index (Phi) is 3.35. The van der Waals surface area contributed by atoms with Crippen LogP contribution in [-0.2, 0) is 11.2 Å². The molecule has 0 radical (unpaired) electrons. The number of carbonyl (C=O) groups excluding carboxylic acids is 1. The van der Waals surface area contributed by atoms with E-state index in [9.17, 15) is 14.7 Å². The van der Waals surface area contributed by atoms with E-state index < -0.39 is 11.4 Å². The third-order valence-corrected chi connectivity index (χ3v) is 4.63. The third kappa shape index (κ3) is 2.48. The number of carboxylic acid groups (broad SMARTS) is 1. The van der Waals surface area contributed by atoms with Crippen molar-refractivity contribution in [1.29, 1.82) is 0 Å². The fourth-order valence-electron chi connectivity index (χ4n) is 2.94. The van der Waals surface area contributed by atoms with Crippen LogP contribution in [0.3, 0.4) is 0 Å². The van der Waals surface area contributed by atoms with Crippen molar-refractivity contribution >= 4 is 17.7 Å². The lowest BCUT2D eigenvalue weighted by atomic mass is 9.97. The van der Waals surface area contributed by atoms with Gasteiger partial charge in [0.15, 0.2) is 0 Å². The maximum atomic E-state index is 12.5. The molecule has 1 aromatic carbocycles. The van der Waals surface area contributed by atoms with Gasteiger partial charge in [-0.15, -0.1) is 0 Å². The van der Waals surface area contributed by atoms with Gasteiger partial charge in [0.25, 0.3) is 0 Å². The van der Waals surface area contributed by atoms with Crippen molar-refractivity contribution < 1.29 is 14.7 Å². The van der Waals surface area contributed by atoms with Crippen molar-refractivity contribution in [3.8, 4) is 0 Å². The van der Waals surface area contributed by atoms with Gasteiger partial charge in [0, 0.05) is 18.3 Å². The van der Waals surface area contributed by atoms with Crippen LogP contribution < -0.4 is 10.2 Å². The third-order valence-electron chi connectivity index (χ3n) is 4.63. The number of hydrogen-bond acceptors (Lipinski definition) is 2. The number of hydrogen-bond donors (Lipinski definition) is 2. The highest BCUT2D eigenvalue weighted by Gasteiger charge is 2.50. The van der Waals surface area contributed by atoms with Crippen molar-refractivity contribution in [3.05, 3.63) is 29.8 Å². The molecule has 2 N–H and O–H groups in total. The van der Waals surface area contributed by atoms with Gasteiger partial charge in [-0.3, -0.25) is 9.69 Å². The minimum atomic E-state index is -0.810. The predicted molar refractivity (Wildman–Crippen MR) is 79.4 cm³/mol. The van der Waals surface area contributed by atoms with Gasteiger partial charge in [-0.2, -0.15) is 0 Å². The second kappa shape index (κ2) is 5.06. The van der Waals surface area contributed by atoms with Crippen LogP contribution >= 0.6 is 0 Å². The fourth-order valence-corrected chi connectivity index (χ4v) is 2.94. The summed E-state index contributed by atoms with van der Waals surface area (Å²) >= 11 is 0. The van der Waals surface area contributed by atoms with E-state index in [1.165, 1.54) is 5.56 Å². The Labute approximate surface area is 123 Å². The quantitative estimate of drug-likeness (QED) is 0.897. The van der Waals surface area contributed by atoms with Crippen LogP contribution in [-0.4, -0.2) is 29.7 Å². The molecular weight excluding hydrogens is 268 g/mol. The van der Waals surface area contributed by atoms with Gasteiger partial charge in [-0.25, -0.2) is 4.79 Å². The lowest BCUT2D eigenvalue weighted by Gasteiger charge is -2.35. The molecule has 21 heavy (non-hydrogen) atoms. The predicted octanol–water partition coefficient (Wildman–Crippen LogP) is 2.40. The van der Waals surface area contributed by atoms with E-state index in [-0.39, 0.29) is 18.6 Å². The van der Waals surface area contributed by atoms with Gasteiger partial charge in [0.05, 0.1) is 5.41 Å². The first-order chi connectivity index (χ1) is 10.0. The number of aliphatic carboxylic acids is 1. The molecule has 2 amide bonds. The second-order valence-corrected chi connectivity index (χ2v) is 6.13. The highest BCUT2D eigenvalue weighted by molar-refractivity contribution is 5.94. The molecule has 0 bridgehead atoms. The van der Waals surface area contributed by atoms with Gasteiger partial charge >= 0.3 is 12.0 Å². The fraction of sp³-hybridized carbons (Fsp3) is 0.500. The summed E-state index contributed by atoms with van der Waals surface area (Å²) in [6, 6.07) is 7.84. The van der Waals surface area contributed by atoms with Gasteiger partial charge < -0.3 is 10.4 Å². The zero-order valence-electron chi connectivity index (χ0n) is 12.1. The summed E-state index contributed by atoms with van der Waals surface area (Å²) in [6.45, 7) is 2.24. The number of carboxylic acids is 1. The number of para-hydroxylation sites is 1. The first-order valence-corrected chi connectivity index (χ1v) is 7.42. The molecule has 112 valence electrons. The number of carbonyl (C=O) groups is 2. The zero-order chi connectivity index (χ0) is 15.0. The second-order valence-electron chi connectivity index (χ2n) is 6.13. The van der Waals surface area contributed by atoms with E-state index in [2.05, 4.69) is 5.32 Å². The molecule has 1 aliphatic carbocycles. The van der Waals surface area contributed by atoms with E-state index >= 15 is 0 Å². The molecule has 1 unspecified atom stereocenters. The van der Waals surface area contributed by atoms with Gasteiger partial charge in [0.1, 0.15) is 0 Å². The number of benzene rings is 1. The monoisotopic (exact) mass is 288 g/mol. The molecule has 1 aromatic rings. The van der Waals surface area contributed by atoms with E-state index in [1.807, 2.05) is 31.2 Å². The number of anilines is 1. The number of nitrogens with zero attached hydrogens (tertiary/aromatic N) is 1. The molecule has 1 atom stereocenters. The van der Waals surface area contributed by atoms with Crippen molar-refractivity contribution in [2.24, 2.45) is 5.41 Å². The minimum Gasteiger partial charge on any atom is -0.481 e. The van der Waals surface area contributed by atoms with Crippen LogP contribution in [0.1, 0.15) is 31.7 Å². The maximum absolute atomic E-state index is 12.5. The Morgan fingerprint density at radius 3 is 2.76 bits per heavy atom. The van der Waals surface area contributed by atoms with E-state index in [4.69, 9.17) is 0 Å². The number of aryl methyl sites for hydroxylation is 1. The van der Waals surface area contributed by atoms with Crippen molar-refractivity contribution in [1.82, 2.24) is 5.32 Å². The molecule has 1 saturated carbocycles. The summed E-state index contributed by atoms with van der Waals surface area (Å²) < 4.78 is 0. The van der Waals surface area contributed by atoms with Crippen molar-refractivity contribution in [3.63, 3.8) is 0 Å². The molecule has 5 heteroatoms. The molecule has 1 fully saturated rings. The highest BCUT2D eigenvalue weighted by atomic mass is 16.4. The zero-order valence-corrected chi connectivity index (χ0v) is 12.1. The van der Waals surface area contributed by atoms with Crippen LogP contribution in [0.25, 0.3) is 0 Å². The molecular formula is C16H20N2O3. The lowest BCUT2D eigenvalue weighted by molar-refractivity contribution is -0.143. The number of urea groups is 1. The summed E-state index contributed by atoms with van der Waals surface area (Å²) in [6.07, 6.45) is 3.19. The Morgan fingerprint density at radius 1 is 1.38 bits per heavy atom. The standard InChI is InChI=1S/C16H20N2O3/c1-11-6-7-12-4-2-3-5-13(12)18(11)15(21)17-10-16(8-9-16)14(19)20/h2-5,11H,6-10H2,1H3,(H,17,21)(H,19,20). The molecule has 2 aliphatic rings. The first kappa shape index (κ1) is 13.9. The largest absolute Gasteiger partial charge is 0.481 e. The van der Waals surface area contributed by atoms with Gasteiger partial charge in [-0.05, 0) is 44.2 Å². The Hall–Kier alpha value is -2.04. The number of nitrogens with one attached hydrogen (secondary N) is 1. The molecule has 3 rings (SSSR count). The smallest absolute Gasteiger partial charge is 0.322 e. The summed E-state index contributed by atoms with van der Waals surface area (Å²) in [5, 5.41) is 12.0. The van der Waals surface area contributed by atoms with Crippen molar-refractivity contribution in [2.45, 2.75) is 38.6 Å². The molecule has 0 aromatic heterocycles. The van der Waals surface area contributed by atoms with Gasteiger partial charge in [-0.1, -0.05) is 18.2 Å². The van der Waals surface area contributed by atoms with Crippen LogP contribution in [0.2, 0.25) is 0 Å². The molecule has 1 aliphatic heterocycles. The Morgan fingerprint density at radius 2 is 2.10 bits per heavy atom. The number of fused-ring (bicyclic) bond motifs is 1. The lowest BCUT2D eigenvalue weighted by Crippen LogP contribution is -2.49. The highest BCUT2D eigenvalue weighted by Crippen LogP contribution is 2.45. The van der Waals surface area contributed by atoms with Crippen LogP contribution in [0.5, 0.6) is 0 Å². The molecule has 5 nitrogen and oxygen atoms in total. The summed E-state index contributed by atoms with van der Waals surface area (Å²) in [5.41, 5.74) is 1.38. The van der Waals surface area contributed by atoms with Crippen LogP contribution in [0.15, 0.2) is 24.3 Å². The molecule has 1 heterocycles. The van der Waals surface area contributed by atoms with Gasteiger partial charge in [0.2, 0.25) is 0 Å². The SMILES string of the molecule is CC1CCc2ccccc2N1C(=O)NCC1(C(=O)O)CC1. The van der Waals surface area contributed by atoms with Crippen LogP contribution in [0, 0.1) is 5.41 Å². The topological polar surface area (TPSA) is 69.6 Å². The summed E-state index contributed by atoms with van der Waals surface area (Å²) in [5.74, 6) is -0.810. The summed E-state index contributed by atoms with van der Waals surface area (Å²) in [7, 11) is 0. The number of amides is 2. The average Bonchev–Trinajstić information content (AvgIpc) is 3.26. The average molecular weight is 288 g/mol. The number of rotatable bonds is 3. The van der Waals surface area contributed by atoms with E-state index in [0.717, 1.165) is 18.5 Å². The van der Waals surface area contributed by atoms with Crippen LogP contribution in [0.4, 0.5) is 10.5 Å². The van der Waals surface area contributed by atoms with E-state index in [0.29, 0.717) is 12.8 Å². The summed E-state index contributed by atoms with van der Waals surface area (Å²) in [4.78, 5) is 25.4. The maximum Gasteiger partial charge on any atom is 0.322 e. The van der Waals surface area contributed by atoms with E-state index in [1.54, 1.807) is 4.90 Å². The Balaban J connectivity index is 1.74. The first-order valence-electron chi connectivity index (χ1n) is 7.42. The van der Waals surface area contributed by atoms with Crippen molar-refractivity contribution in [2.75, 3.05) is 11.4 Å². The molecule has 0 spiro atoms.